The summed E-state index contributed by atoms with van der Waals surface area (Å²) in [7, 11) is 3.45. The molecule has 1 aliphatic heterocycles. The second kappa shape index (κ2) is 5.88. The van der Waals surface area contributed by atoms with Crippen molar-refractivity contribution in [3.63, 3.8) is 0 Å². The molecule has 1 aliphatic rings. The van der Waals surface area contributed by atoms with Crippen molar-refractivity contribution in [1.29, 1.82) is 0 Å². The predicted molar refractivity (Wildman–Crippen MR) is 84.7 cm³/mol. The van der Waals surface area contributed by atoms with Gasteiger partial charge in [0.2, 0.25) is 5.91 Å². The zero-order valence-corrected chi connectivity index (χ0v) is 13.3. The molecular formula is C16H17N3O2S. The molecule has 0 spiro atoms. The molecular weight excluding hydrogens is 298 g/mol. The molecule has 5 nitrogen and oxygen atoms in total. The molecule has 0 fully saturated rings. The number of nitrogens with zero attached hydrogens (tertiary/aromatic N) is 3. The zero-order chi connectivity index (χ0) is 15.7. The monoisotopic (exact) mass is 315 g/mol. The molecule has 0 saturated heterocycles. The first-order valence-electron chi connectivity index (χ1n) is 7.05. The third-order valence-corrected chi connectivity index (χ3v) is 4.64. The average Bonchev–Trinajstić information content (AvgIpc) is 3.06. The number of amides is 2. The number of hydrogen-bond acceptors (Lipinski definition) is 4. The van der Waals surface area contributed by atoms with E-state index in [1.165, 1.54) is 11.3 Å². The second-order valence-corrected chi connectivity index (χ2v) is 6.44. The van der Waals surface area contributed by atoms with E-state index in [2.05, 4.69) is 4.98 Å². The maximum Gasteiger partial charge on any atom is 0.264 e. The highest BCUT2D eigenvalue weighted by atomic mass is 32.1. The summed E-state index contributed by atoms with van der Waals surface area (Å²) in [6, 6.07) is 7.45. The molecule has 1 unspecified atom stereocenters. The van der Waals surface area contributed by atoms with Gasteiger partial charge in [-0.15, -0.1) is 11.3 Å². The Bertz CT molecular complexity index is 697. The van der Waals surface area contributed by atoms with E-state index in [4.69, 9.17) is 0 Å². The smallest absolute Gasteiger partial charge is 0.264 e. The van der Waals surface area contributed by atoms with Gasteiger partial charge in [0.25, 0.3) is 5.91 Å². The fourth-order valence-corrected chi connectivity index (χ4v) is 3.38. The first kappa shape index (κ1) is 14.7. The summed E-state index contributed by atoms with van der Waals surface area (Å²) in [4.78, 5) is 33.4. The molecule has 22 heavy (non-hydrogen) atoms. The van der Waals surface area contributed by atoms with Gasteiger partial charge in [0, 0.05) is 33.4 Å². The van der Waals surface area contributed by atoms with Crippen LogP contribution in [0.25, 0.3) is 0 Å². The normalized spacial score (nSPS) is 17.0. The van der Waals surface area contributed by atoms with Crippen LogP contribution in [0.2, 0.25) is 0 Å². The van der Waals surface area contributed by atoms with Crippen LogP contribution >= 0.6 is 11.3 Å². The average molecular weight is 315 g/mol. The fourth-order valence-electron chi connectivity index (χ4n) is 2.69. The first-order valence-corrected chi connectivity index (χ1v) is 7.93. The summed E-state index contributed by atoms with van der Waals surface area (Å²) in [5, 5.41) is 1.88. The van der Waals surface area contributed by atoms with Crippen molar-refractivity contribution in [2.75, 3.05) is 20.6 Å². The van der Waals surface area contributed by atoms with Crippen molar-refractivity contribution in [2.45, 2.75) is 12.5 Å². The number of fused-ring (bicyclic) bond motifs is 1. The van der Waals surface area contributed by atoms with Crippen LogP contribution in [0.3, 0.4) is 0 Å². The van der Waals surface area contributed by atoms with Crippen LogP contribution in [-0.4, -0.2) is 47.2 Å². The Morgan fingerprint density at radius 3 is 2.82 bits per heavy atom. The Morgan fingerprint density at radius 1 is 1.32 bits per heavy atom. The van der Waals surface area contributed by atoms with Crippen molar-refractivity contribution >= 4 is 23.2 Å². The molecule has 2 amide bonds. The van der Waals surface area contributed by atoms with Crippen LogP contribution in [0.5, 0.6) is 0 Å². The molecule has 0 N–H and O–H groups in total. The summed E-state index contributed by atoms with van der Waals surface area (Å²) in [6.45, 7) is 0.870. The third kappa shape index (κ3) is 2.62. The van der Waals surface area contributed by atoms with Gasteiger partial charge < -0.3 is 9.80 Å². The Balaban J connectivity index is 1.94. The minimum atomic E-state index is -0.399. The maximum atomic E-state index is 12.6. The number of pyridine rings is 1. The van der Waals surface area contributed by atoms with Gasteiger partial charge in [-0.2, -0.15) is 0 Å². The van der Waals surface area contributed by atoms with Gasteiger partial charge in [-0.3, -0.25) is 14.6 Å². The molecule has 6 heteroatoms. The predicted octanol–water partition coefficient (Wildman–Crippen LogP) is 1.97. The molecule has 0 aromatic carbocycles. The van der Waals surface area contributed by atoms with E-state index < -0.39 is 5.92 Å². The lowest BCUT2D eigenvalue weighted by atomic mass is 9.93. The summed E-state index contributed by atoms with van der Waals surface area (Å²) in [5.41, 5.74) is 1.73. The third-order valence-electron chi connectivity index (χ3n) is 3.78. The topological polar surface area (TPSA) is 53.5 Å². The number of thiophene rings is 1. The van der Waals surface area contributed by atoms with Gasteiger partial charge >= 0.3 is 0 Å². The SMILES string of the molecule is CN(C)C(=O)C1CN(C(=O)c2cccs2)Cc2cccnc21. The van der Waals surface area contributed by atoms with Crippen molar-refractivity contribution < 1.29 is 9.59 Å². The van der Waals surface area contributed by atoms with Gasteiger partial charge in [-0.05, 0) is 23.1 Å². The number of likely N-dealkylation sites (N-methyl/N-ethyl adjacent to an activating group) is 1. The fraction of sp³-hybridized carbons (Fsp3) is 0.312. The molecule has 3 heterocycles. The Hall–Kier alpha value is -2.21. The van der Waals surface area contributed by atoms with Gasteiger partial charge in [0.1, 0.15) is 0 Å². The minimum Gasteiger partial charge on any atom is -0.348 e. The molecule has 1 atom stereocenters. The van der Waals surface area contributed by atoms with Gasteiger partial charge in [-0.25, -0.2) is 0 Å². The quantitative estimate of drug-likeness (QED) is 0.851. The van der Waals surface area contributed by atoms with Crippen LogP contribution in [0, 0.1) is 0 Å². The number of carbonyl (C=O) groups is 2. The highest BCUT2D eigenvalue weighted by Crippen LogP contribution is 2.29. The number of carbonyl (C=O) groups excluding carboxylic acids is 2. The second-order valence-electron chi connectivity index (χ2n) is 5.50. The molecule has 114 valence electrons. The largest absolute Gasteiger partial charge is 0.348 e. The first-order chi connectivity index (χ1) is 10.6. The van der Waals surface area contributed by atoms with E-state index in [-0.39, 0.29) is 11.8 Å². The van der Waals surface area contributed by atoms with Crippen molar-refractivity contribution in [1.82, 2.24) is 14.8 Å². The van der Waals surface area contributed by atoms with Gasteiger partial charge in [0.15, 0.2) is 0 Å². The lowest BCUT2D eigenvalue weighted by molar-refractivity contribution is -0.130. The standard InChI is InChI=1S/C16H17N3O2S/c1-18(2)15(20)12-10-19(16(21)13-6-4-8-22-13)9-11-5-3-7-17-14(11)12/h3-8,12H,9-10H2,1-2H3. The van der Waals surface area contributed by atoms with E-state index in [1.807, 2.05) is 29.6 Å². The van der Waals surface area contributed by atoms with E-state index in [9.17, 15) is 9.59 Å². The van der Waals surface area contributed by atoms with Crippen LogP contribution in [0.4, 0.5) is 0 Å². The molecule has 2 aromatic heterocycles. The van der Waals surface area contributed by atoms with Crippen LogP contribution in [0.15, 0.2) is 35.8 Å². The molecule has 3 rings (SSSR count). The molecule has 0 radical (unpaired) electrons. The van der Waals surface area contributed by atoms with E-state index in [0.717, 1.165) is 11.3 Å². The van der Waals surface area contributed by atoms with Crippen molar-refractivity contribution in [3.05, 3.63) is 52.0 Å². The molecule has 0 saturated carbocycles. The Kier molecular flexibility index (Phi) is 3.94. The summed E-state index contributed by atoms with van der Waals surface area (Å²) in [5.74, 6) is -0.450. The van der Waals surface area contributed by atoms with Crippen LogP contribution in [0.1, 0.15) is 26.8 Å². The van der Waals surface area contributed by atoms with Gasteiger partial charge in [-0.1, -0.05) is 12.1 Å². The Morgan fingerprint density at radius 2 is 2.14 bits per heavy atom. The molecule has 2 aromatic rings. The lowest BCUT2D eigenvalue weighted by Crippen LogP contribution is -2.43. The highest BCUT2D eigenvalue weighted by molar-refractivity contribution is 7.12. The number of hydrogen-bond donors (Lipinski definition) is 0. The van der Waals surface area contributed by atoms with E-state index >= 15 is 0 Å². The molecule has 0 aliphatic carbocycles. The van der Waals surface area contributed by atoms with Crippen molar-refractivity contribution in [2.24, 2.45) is 0 Å². The van der Waals surface area contributed by atoms with E-state index in [0.29, 0.717) is 18.0 Å². The highest BCUT2D eigenvalue weighted by Gasteiger charge is 2.34. The van der Waals surface area contributed by atoms with Crippen LogP contribution in [-0.2, 0) is 11.3 Å². The number of rotatable bonds is 2. The summed E-state index contributed by atoms with van der Waals surface area (Å²) < 4.78 is 0. The number of aromatic nitrogens is 1. The zero-order valence-electron chi connectivity index (χ0n) is 12.5. The molecule has 0 bridgehead atoms. The summed E-state index contributed by atoms with van der Waals surface area (Å²) >= 11 is 1.42. The summed E-state index contributed by atoms with van der Waals surface area (Å²) in [6.07, 6.45) is 1.70. The Labute approximate surface area is 133 Å². The van der Waals surface area contributed by atoms with Crippen molar-refractivity contribution in [3.8, 4) is 0 Å². The lowest BCUT2D eigenvalue weighted by Gasteiger charge is -2.34. The van der Waals surface area contributed by atoms with Gasteiger partial charge in [0.05, 0.1) is 16.5 Å². The van der Waals surface area contributed by atoms with E-state index in [1.54, 1.807) is 30.1 Å². The minimum absolute atomic E-state index is 0.0244. The maximum absolute atomic E-state index is 12.6. The van der Waals surface area contributed by atoms with Crippen LogP contribution < -0.4 is 0 Å².